The predicted octanol–water partition coefficient (Wildman–Crippen LogP) is 5.04. The molecule has 0 aliphatic heterocycles. The van der Waals surface area contributed by atoms with Crippen molar-refractivity contribution in [1.29, 1.82) is 0 Å². The van der Waals surface area contributed by atoms with E-state index in [0.717, 1.165) is 28.9 Å². The maximum absolute atomic E-state index is 13.0. The molecule has 1 aromatic heterocycles. The van der Waals surface area contributed by atoms with Gasteiger partial charge in [0.05, 0.1) is 11.7 Å². The number of para-hydroxylation sites is 1. The number of pyridine rings is 1. The number of anilines is 1. The molecule has 0 bridgehead atoms. The lowest BCUT2D eigenvalue weighted by molar-refractivity contribution is 0.0723. The van der Waals surface area contributed by atoms with Crippen molar-refractivity contribution in [1.82, 2.24) is 9.88 Å². The average molecular weight is 374 g/mol. The molecule has 3 aromatic rings. The van der Waals surface area contributed by atoms with Gasteiger partial charge >= 0.3 is 0 Å². The number of carbonyl (C=O) groups excluding carboxylic acids is 1. The van der Waals surface area contributed by atoms with Crippen LogP contribution >= 0.6 is 0 Å². The van der Waals surface area contributed by atoms with Crippen LogP contribution < -0.4 is 4.90 Å². The number of benzene rings is 2. The average Bonchev–Trinajstić information content (AvgIpc) is 2.74. The molecule has 0 saturated heterocycles. The van der Waals surface area contributed by atoms with E-state index in [-0.39, 0.29) is 11.9 Å². The highest BCUT2D eigenvalue weighted by Gasteiger charge is 2.22. The Bertz CT molecular complexity index is 920. The Kier molecular flexibility index (Phi) is 6.09. The van der Waals surface area contributed by atoms with Crippen LogP contribution in [0.2, 0.25) is 0 Å². The third kappa shape index (κ3) is 4.06. The van der Waals surface area contributed by atoms with Gasteiger partial charge in [-0.2, -0.15) is 0 Å². The fourth-order valence-electron chi connectivity index (χ4n) is 3.50. The minimum Gasteiger partial charge on any atom is -0.377 e. The third-order valence-electron chi connectivity index (χ3n) is 5.03. The molecule has 1 heterocycles. The summed E-state index contributed by atoms with van der Waals surface area (Å²) in [5.74, 6) is 0.00458. The molecule has 0 saturated carbocycles. The Hall–Kier alpha value is -3.14. The summed E-state index contributed by atoms with van der Waals surface area (Å²) in [4.78, 5) is 21.3. The van der Waals surface area contributed by atoms with Gasteiger partial charge in [0.15, 0.2) is 0 Å². The molecular formula is C24H27N3O. The molecule has 4 heteroatoms. The number of hydrogen-bond acceptors (Lipinski definition) is 3. The smallest absolute Gasteiger partial charge is 0.254 e. The molecule has 4 nitrogen and oxygen atoms in total. The first-order valence-electron chi connectivity index (χ1n) is 9.57. The number of amides is 1. The van der Waals surface area contributed by atoms with Crippen LogP contribution in [0.4, 0.5) is 5.69 Å². The second-order valence-electron chi connectivity index (χ2n) is 7.08. The lowest BCUT2D eigenvalue weighted by Gasteiger charge is -2.27. The van der Waals surface area contributed by atoms with Crippen molar-refractivity contribution >= 4 is 11.6 Å². The number of rotatable bonds is 6. The van der Waals surface area contributed by atoms with Crippen molar-refractivity contribution in [2.75, 3.05) is 26.0 Å². The maximum Gasteiger partial charge on any atom is 0.254 e. The summed E-state index contributed by atoms with van der Waals surface area (Å²) in [5.41, 5.74) is 5.00. The van der Waals surface area contributed by atoms with Gasteiger partial charge in [0.1, 0.15) is 0 Å². The van der Waals surface area contributed by atoms with Gasteiger partial charge in [0.25, 0.3) is 5.91 Å². The zero-order valence-electron chi connectivity index (χ0n) is 17.0. The Labute approximate surface area is 167 Å². The minimum atomic E-state index is -0.0390. The summed E-state index contributed by atoms with van der Waals surface area (Å²) in [6.07, 6.45) is 2.58. The van der Waals surface area contributed by atoms with Gasteiger partial charge in [0, 0.05) is 44.2 Å². The normalized spacial score (nSPS) is 11.7. The van der Waals surface area contributed by atoms with E-state index < -0.39 is 0 Å². The zero-order chi connectivity index (χ0) is 20.1. The molecule has 0 radical (unpaired) electrons. The molecule has 0 N–H and O–H groups in total. The Morgan fingerprint density at radius 1 is 0.929 bits per heavy atom. The highest BCUT2D eigenvalue weighted by atomic mass is 16.2. The predicted molar refractivity (Wildman–Crippen MR) is 116 cm³/mol. The molecule has 0 aliphatic carbocycles. The van der Waals surface area contributed by atoms with Crippen LogP contribution in [0.1, 0.15) is 35.4 Å². The highest BCUT2D eigenvalue weighted by Crippen LogP contribution is 2.30. The minimum absolute atomic E-state index is 0.00458. The van der Waals surface area contributed by atoms with Crippen LogP contribution in [0, 0.1) is 0 Å². The van der Waals surface area contributed by atoms with E-state index in [4.69, 9.17) is 0 Å². The number of carbonyl (C=O) groups is 1. The van der Waals surface area contributed by atoms with Gasteiger partial charge in [-0.1, -0.05) is 43.3 Å². The van der Waals surface area contributed by atoms with E-state index in [1.54, 1.807) is 11.1 Å². The number of nitrogens with zero attached hydrogens (tertiary/aromatic N) is 3. The molecule has 2 aromatic carbocycles. The van der Waals surface area contributed by atoms with Gasteiger partial charge in [-0.15, -0.1) is 0 Å². The Balaban J connectivity index is 1.84. The first kappa shape index (κ1) is 19.6. The van der Waals surface area contributed by atoms with Gasteiger partial charge in [-0.3, -0.25) is 9.78 Å². The largest absolute Gasteiger partial charge is 0.377 e. The van der Waals surface area contributed by atoms with Crippen LogP contribution in [0.3, 0.4) is 0 Å². The summed E-state index contributed by atoms with van der Waals surface area (Å²) in [6.45, 7) is 2.07. The Morgan fingerprint density at radius 3 is 2.21 bits per heavy atom. The van der Waals surface area contributed by atoms with E-state index >= 15 is 0 Å². The summed E-state index contributed by atoms with van der Waals surface area (Å²) >= 11 is 0. The van der Waals surface area contributed by atoms with E-state index in [1.807, 2.05) is 75.7 Å². The van der Waals surface area contributed by atoms with Crippen LogP contribution in [0.15, 0.2) is 72.9 Å². The van der Waals surface area contributed by atoms with Crippen molar-refractivity contribution in [2.24, 2.45) is 0 Å². The second-order valence-corrected chi connectivity index (χ2v) is 7.08. The molecule has 0 spiro atoms. The zero-order valence-corrected chi connectivity index (χ0v) is 17.0. The fourth-order valence-corrected chi connectivity index (χ4v) is 3.50. The van der Waals surface area contributed by atoms with Crippen LogP contribution in [-0.4, -0.2) is 36.9 Å². The Morgan fingerprint density at radius 2 is 1.61 bits per heavy atom. The van der Waals surface area contributed by atoms with E-state index in [2.05, 4.69) is 28.9 Å². The van der Waals surface area contributed by atoms with Crippen molar-refractivity contribution in [2.45, 2.75) is 19.4 Å². The summed E-state index contributed by atoms with van der Waals surface area (Å²) in [5, 5.41) is 0. The van der Waals surface area contributed by atoms with E-state index in [9.17, 15) is 4.79 Å². The van der Waals surface area contributed by atoms with Crippen molar-refractivity contribution in [3.05, 3.63) is 84.2 Å². The summed E-state index contributed by atoms with van der Waals surface area (Å²) < 4.78 is 0. The van der Waals surface area contributed by atoms with E-state index in [1.165, 1.54) is 0 Å². The van der Waals surface area contributed by atoms with Crippen LogP contribution in [-0.2, 0) is 0 Å². The molecule has 0 fully saturated rings. The number of aromatic nitrogens is 1. The molecule has 144 valence electrons. The molecular weight excluding hydrogens is 346 g/mol. The van der Waals surface area contributed by atoms with Gasteiger partial charge in [-0.05, 0) is 42.3 Å². The van der Waals surface area contributed by atoms with Gasteiger partial charge in [0.2, 0.25) is 0 Å². The van der Waals surface area contributed by atoms with Crippen molar-refractivity contribution in [3.8, 4) is 11.1 Å². The molecule has 1 amide bonds. The van der Waals surface area contributed by atoms with Gasteiger partial charge in [-0.25, -0.2) is 0 Å². The highest BCUT2D eigenvalue weighted by molar-refractivity contribution is 5.95. The lowest BCUT2D eigenvalue weighted by atomic mass is 10.0. The maximum atomic E-state index is 13.0. The first-order chi connectivity index (χ1) is 13.5. The fraction of sp³-hybridized carbons (Fsp3) is 0.250. The van der Waals surface area contributed by atoms with Crippen LogP contribution in [0.25, 0.3) is 11.1 Å². The van der Waals surface area contributed by atoms with Crippen LogP contribution in [0.5, 0.6) is 0 Å². The van der Waals surface area contributed by atoms with E-state index in [0.29, 0.717) is 5.56 Å². The third-order valence-corrected chi connectivity index (χ3v) is 5.03. The molecule has 0 unspecified atom stereocenters. The topological polar surface area (TPSA) is 36.4 Å². The number of hydrogen-bond donors (Lipinski definition) is 0. The van der Waals surface area contributed by atoms with Crippen molar-refractivity contribution in [3.63, 3.8) is 0 Å². The molecule has 0 aliphatic rings. The summed E-state index contributed by atoms with van der Waals surface area (Å²) in [7, 11) is 5.92. The quantitative estimate of drug-likeness (QED) is 0.607. The molecule has 3 rings (SSSR count). The first-order valence-corrected chi connectivity index (χ1v) is 9.57. The van der Waals surface area contributed by atoms with Crippen molar-refractivity contribution < 1.29 is 4.79 Å². The monoisotopic (exact) mass is 373 g/mol. The lowest BCUT2D eigenvalue weighted by Crippen LogP contribution is -2.31. The molecule has 1 atom stereocenters. The second kappa shape index (κ2) is 8.70. The standard InChI is InChI=1S/C24H27N3O/c1-5-22(21-11-8-9-17-25-21)27(4)24(28)19-15-13-18(14-16-19)20-10-6-7-12-23(20)26(2)3/h6-17,22H,5H2,1-4H3/t22-/m0/s1. The molecule has 28 heavy (non-hydrogen) atoms. The summed E-state index contributed by atoms with van der Waals surface area (Å²) in [6, 6.07) is 21.9. The SMILES string of the molecule is CC[C@@H](c1ccccn1)N(C)C(=O)c1ccc(-c2ccccc2N(C)C)cc1. The van der Waals surface area contributed by atoms with Gasteiger partial charge < -0.3 is 9.80 Å².